The molecule has 1 aromatic carbocycles. The number of nitrogens with one attached hydrogen (secondary N) is 1. The largest absolute Gasteiger partial charge is 0.389 e. The van der Waals surface area contributed by atoms with E-state index >= 15 is 0 Å². The zero-order valence-corrected chi connectivity index (χ0v) is 15.0. The first-order chi connectivity index (χ1) is 11.5. The van der Waals surface area contributed by atoms with Gasteiger partial charge in [-0.3, -0.25) is 9.69 Å². The minimum Gasteiger partial charge on any atom is -0.389 e. The van der Waals surface area contributed by atoms with Crippen molar-refractivity contribution in [2.24, 2.45) is 0 Å². The highest BCUT2D eigenvalue weighted by Crippen LogP contribution is 2.32. The lowest BCUT2D eigenvalue weighted by Crippen LogP contribution is -2.41. The normalized spacial score (nSPS) is 18.5. The highest BCUT2D eigenvalue weighted by atomic mass is 16.5. The molecule has 24 heavy (non-hydrogen) atoms. The molecule has 0 heterocycles. The predicted molar refractivity (Wildman–Crippen MR) is 94.9 cm³/mol. The van der Waals surface area contributed by atoms with Crippen molar-refractivity contribution in [3.63, 3.8) is 0 Å². The molecule has 1 amide bonds. The fraction of sp³-hybridized carbons (Fsp3) is 0.632. The summed E-state index contributed by atoms with van der Waals surface area (Å²) in [4.78, 5) is 13.5. The van der Waals surface area contributed by atoms with E-state index in [1.54, 1.807) is 0 Å². The summed E-state index contributed by atoms with van der Waals surface area (Å²) in [5, 5.41) is 13.0. The average Bonchev–Trinajstić information content (AvgIpc) is 2.51. The number of hydrogen-bond acceptors (Lipinski definition) is 4. The number of ether oxygens (including phenoxy) is 1. The fourth-order valence-electron chi connectivity index (χ4n) is 3.20. The SMILES string of the molecule is CC(C)NC(=O)CN(C)CC(O)COC1CCCc2ccccc21. The Morgan fingerprint density at radius 2 is 2.17 bits per heavy atom. The number of nitrogens with zero attached hydrogens (tertiary/aromatic N) is 1. The molecule has 1 aliphatic carbocycles. The Morgan fingerprint density at radius 1 is 1.42 bits per heavy atom. The topological polar surface area (TPSA) is 61.8 Å². The quantitative estimate of drug-likeness (QED) is 0.762. The van der Waals surface area contributed by atoms with E-state index in [9.17, 15) is 9.90 Å². The van der Waals surface area contributed by atoms with Crippen LogP contribution in [0.1, 0.15) is 43.9 Å². The molecule has 0 aliphatic heterocycles. The minimum absolute atomic E-state index is 0.0261. The number of likely N-dealkylation sites (N-methyl/N-ethyl adjacent to an activating group) is 1. The standard InChI is InChI=1S/C19H30N2O3/c1-14(2)20-19(23)12-21(3)11-16(22)13-24-18-10-6-8-15-7-4-5-9-17(15)18/h4-5,7,9,14,16,18,22H,6,8,10-13H2,1-3H3,(H,20,23). The highest BCUT2D eigenvalue weighted by molar-refractivity contribution is 5.78. The third-order valence-corrected chi connectivity index (χ3v) is 4.19. The molecule has 0 bridgehead atoms. The van der Waals surface area contributed by atoms with Gasteiger partial charge in [-0.1, -0.05) is 24.3 Å². The van der Waals surface area contributed by atoms with Crippen molar-refractivity contribution in [1.82, 2.24) is 10.2 Å². The van der Waals surface area contributed by atoms with E-state index in [4.69, 9.17) is 4.74 Å². The monoisotopic (exact) mass is 334 g/mol. The summed E-state index contributed by atoms with van der Waals surface area (Å²) in [6.07, 6.45) is 2.69. The van der Waals surface area contributed by atoms with Crippen molar-refractivity contribution in [1.29, 1.82) is 0 Å². The second kappa shape index (κ2) is 9.16. The molecule has 0 saturated carbocycles. The molecule has 5 nitrogen and oxygen atoms in total. The van der Waals surface area contributed by atoms with Crippen molar-refractivity contribution in [2.45, 2.75) is 51.4 Å². The molecule has 2 unspecified atom stereocenters. The van der Waals surface area contributed by atoms with E-state index in [-0.39, 0.29) is 31.2 Å². The Labute approximate surface area is 145 Å². The van der Waals surface area contributed by atoms with E-state index in [1.165, 1.54) is 11.1 Å². The van der Waals surface area contributed by atoms with Gasteiger partial charge in [-0.05, 0) is 51.3 Å². The molecule has 134 valence electrons. The molecule has 2 rings (SSSR count). The molecule has 0 radical (unpaired) electrons. The summed E-state index contributed by atoms with van der Waals surface area (Å²) in [5.74, 6) is -0.0261. The maximum Gasteiger partial charge on any atom is 0.234 e. The molecular formula is C19H30N2O3. The second-order valence-corrected chi connectivity index (χ2v) is 6.99. The third kappa shape index (κ3) is 5.89. The van der Waals surface area contributed by atoms with Gasteiger partial charge in [0.2, 0.25) is 5.91 Å². The maximum atomic E-state index is 11.7. The van der Waals surface area contributed by atoms with E-state index < -0.39 is 6.10 Å². The summed E-state index contributed by atoms with van der Waals surface area (Å²) in [5.41, 5.74) is 2.60. The van der Waals surface area contributed by atoms with Gasteiger partial charge in [-0.15, -0.1) is 0 Å². The molecule has 0 aromatic heterocycles. The van der Waals surface area contributed by atoms with E-state index in [0.717, 1.165) is 19.3 Å². The minimum atomic E-state index is -0.601. The summed E-state index contributed by atoms with van der Waals surface area (Å²) in [6.45, 7) is 4.85. The number of aliphatic hydroxyl groups is 1. The van der Waals surface area contributed by atoms with Crippen LogP contribution in [0.25, 0.3) is 0 Å². The predicted octanol–water partition coefficient (Wildman–Crippen LogP) is 1.90. The van der Waals surface area contributed by atoms with Crippen LogP contribution in [0.3, 0.4) is 0 Å². The zero-order chi connectivity index (χ0) is 17.5. The zero-order valence-electron chi connectivity index (χ0n) is 15.0. The molecule has 2 atom stereocenters. The Bertz CT molecular complexity index is 533. The van der Waals surface area contributed by atoms with Crippen LogP contribution in [0.5, 0.6) is 0 Å². The molecule has 1 aliphatic rings. The van der Waals surface area contributed by atoms with E-state index in [1.807, 2.05) is 31.9 Å². The molecular weight excluding hydrogens is 304 g/mol. The first-order valence-electron chi connectivity index (χ1n) is 8.81. The van der Waals surface area contributed by atoms with Crippen LogP contribution in [0.15, 0.2) is 24.3 Å². The van der Waals surface area contributed by atoms with Gasteiger partial charge >= 0.3 is 0 Å². The first-order valence-corrected chi connectivity index (χ1v) is 8.81. The lowest BCUT2D eigenvalue weighted by atomic mass is 9.89. The van der Waals surface area contributed by atoms with E-state index in [0.29, 0.717) is 6.54 Å². The number of hydrogen-bond donors (Lipinski definition) is 2. The average molecular weight is 334 g/mol. The fourth-order valence-corrected chi connectivity index (χ4v) is 3.20. The van der Waals surface area contributed by atoms with Crippen LogP contribution < -0.4 is 5.32 Å². The number of carbonyl (C=O) groups excluding carboxylic acids is 1. The van der Waals surface area contributed by atoms with Gasteiger partial charge in [0.15, 0.2) is 0 Å². The van der Waals surface area contributed by atoms with Crippen LogP contribution >= 0.6 is 0 Å². The lowest BCUT2D eigenvalue weighted by Gasteiger charge is -2.27. The van der Waals surface area contributed by atoms with E-state index in [2.05, 4.69) is 23.5 Å². The van der Waals surface area contributed by atoms with Gasteiger partial charge in [0.1, 0.15) is 0 Å². The molecule has 0 spiro atoms. The number of carbonyl (C=O) groups is 1. The van der Waals surface area contributed by atoms with Gasteiger partial charge in [-0.25, -0.2) is 0 Å². The van der Waals surface area contributed by atoms with Crippen molar-refractivity contribution in [2.75, 3.05) is 26.7 Å². The summed E-state index contributed by atoms with van der Waals surface area (Å²) in [6, 6.07) is 8.51. The van der Waals surface area contributed by atoms with Crippen molar-refractivity contribution >= 4 is 5.91 Å². The number of aliphatic hydroxyl groups excluding tert-OH is 1. The van der Waals surface area contributed by atoms with Crippen LogP contribution in [0.2, 0.25) is 0 Å². The Morgan fingerprint density at radius 3 is 2.92 bits per heavy atom. The van der Waals surface area contributed by atoms with Gasteiger partial charge in [-0.2, -0.15) is 0 Å². The van der Waals surface area contributed by atoms with Gasteiger partial charge < -0.3 is 15.2 Å². The molecule has 5 heteroatoms. The lowest BCUT2D eigenvalue weighted by molar-refractivity contribution is -0.122. The number of amides is 1. The van der Waals surface area contributed by atoms with Crippen molar-refractivity contribution in [3.8, 4) is 0 Å². The third-order valence-electron chi connectivity index (χ3n) is 4.19. The van der Waals surface area contributed by atoms with Crippen molar-refractivity contribution < 1.29 is 14.6 Å². The number of benzene rings is 1. The molecule has 2 N–H and O–H groups in total. The molecule has 0 saturated heterocycles. The van der Waals surface area contributed by atoms with Gasteiger partial charge in [0, 0.05) is 12.6 Å². The summed E-state index contributed by atoms with van der Waals surface area (Å²) in [7, 11) is 1.83. The van der Waals surface area contributed by atoms with Gasteiger partial charge in [0.25, 0.3) is 0 Å². The number of aryl methyl sites for hydroxylation is 1. The summed E-state index contributed by atoms with van der Waals surface area (Å²) >= 11 is 0. The Hall–Kier alpha value is -1.43. The molecule has 0 fully saturated rings. The first kappa shape index (κ1) is 18.9. The van der Waals surface area contributed by atoms with Crippen molar-refractivity contribution in [3.05, 3.63) is 35.4 Å². The number of rotatable bonds is 8. The van der Waals surface area contributed by atoms with Crippen LogP contribution in [0, 0.1) is 0 Å². The summed E-state index contributed by atoms with van der Waals surface area (Å²) < 4.78 is 5.96. The molecule has 1 aromatic rings. The Kier molecular flexibility index (Phi) is 7.21. The van der Waals surface area contributed by atoms with Crippen LogP contribution in [-0.2, 0) is 16.0 Å². The Balaban J connectivity index is 1.75. The number of fused-ring (bicyclic) bond motifs is 1. The van der Waals surface area contributed by atoms with Crippen LogP contribution in [0.4, 0.5) is 0 Å². The maximum absolute atomic E-state index is 11.7. The van der Waals surface area contributed by atoms with Crippen LogP contribution in [-0.4, -0.2) is 54.8 Å². The highest BCUT2D eigenvalue weighted by Gasteiger charge is 2.21. The smallest absolute Gasteiger partial charge is 0.234 e. The van der Waals surface area contributed by atoms with Gasteiger partial charge in [0.05, 0.1) is 25.4 Å². The second-order valence-electron chi connectivity index (χ2n) is 6.99.